The van der Waals surface area contributed by atoms with Crippen molar-refractivity contribution in [1.82, 2.24) is 14.8 Å². The van der Waals surface area contributed by atoms with Crippen LogP contribution in [0.15, 0.2) is 18.7 Å². The van der Waals surface area contributed by atoms with Crippen molar-refractivity contribution >= 4 is 5.70 Å². The lowest BCUT2D eigenvalue weighted by Gasteiger charge is -2.29. The van der Waals surface area contributed by atoms with Crippen LogP contribution in [-0.2, 0) is 0 Å². The number of allylic oxidation sites excluding steroid dienone is 1. The van der Waals surface area contributed by atoms with Gasteiger partial charge < -0.3 is 5.11 Å². The van der Waals surface area contributed by atoms with Gasteiger partial charge >= 0.3 is 0 Å². The molecule has 4 nitrogen and oxygen atoms in total. The van der Waals surface area contributed by atoms with Crippen LogP contribution >= 0.6 is 0 Å². The molecule has 1 aliphatic carbocycles. The third-order valence-electron chi connectivity index (χ3n) is 3.84. The highest BCUT2D eigenvalue weighted by Crippen LogP contribution is 2.31. The average Bonchev–Trinajstić information content (AvgIpc) is 2.89. The summed E-state index contributed by atoms with van der Waals surface area (Å²) < 4.78 is 1.71. The number of nitrogens with zero attached hydrogens (tertiary/aromatic N) is 3. The van der Waals surface area contributed by atoms with Gasteiger partial charge in [-0.3, -0.25) is 0 Å². The molecule has 0 aliphatic heterocycles. The molecule has 106 valence electrons. The molecule has 1 aliphatic rings. The molecule has 0 spiro atoms. The second kappa shape index (κ2) is 5.87. The zero-order valence-electron chi connectivity index (χ0n) is 12.2. The molecule has 1 fully saturated rings. The molecule has 0 unspecified atom stereocenters. The Bertz CT molecular complexity index is 411. The van der Waals surface area contributed by atoms with Gasteiger partial charge in [-0.1, -0.05) is 46.1 Å². The van der Waals surface area contributed by atoms with Crippen LogP contribution in [0.4, 0.5) is 0 Å². The summed E-state index contributed by atoms with van der Waals surface area (Å²) in [6.07, 6.45) is 11.2. The average molecular weight is 263 g/mol. The first-order valence-corrected chi connectivity index (χ1v) is 7.23. The molecular weight excluding hydrogens is 238 g/mol. The third kappa shape index (κ3) is 3.66. The van der Waals surface area contributed by atoms with Crippen LogP contribution in [-0.4, -0.2) is 26.0 Å². The summed E-state index contributed by atoms with van der Waals surface area (Å²) in [4.78, 5) is 4.00. The van der Waals surface area contributed by atoms with E-state index in [1.165, 1.54) is 38.4 Å². The Morgan fingerprint density at radius 1 is 1.32 bits per heavy atom. The van der Waals surface area contributed by atoms with Gasteiger partial charge in [0, 0.05) is 0 Å². The maximum absolute atomic E-state index is 10.6. The van der Waals surface area contributed by atoms with E-state index in [0.29, 0.717) is 5.92 Å². The number of hydrogen-bond acceptors (Lipinski definition) is 3. The highest BCUT2D eigenvalue weighted by Gasteiger charge is 2.28. The summed E-state index contributed by atoms with van der Waals surface area (Å²) in [6, 6.07) is 0. The number of aliphatic hydroxyl groups excluding tert-OH is 1. The Morgan fingerprint density at radius 2 is 2.00 bits per heavy atom. The minimum Gasteiger partial charge on any atom is -0.386 e. The van der Waals surface area contributed by atoms with E-state index in [9.17, 15) is 5.11 Å². The minimum absolute atomic E-state index is 0.202. The molecule has 19 heavy (non-hydrogen) atoms. The second-order valence-electron chi connectivity index (χ2n) is 6.60. The molecule has 0 amide bonds. The second-order valence-corrected chi connectivity index (χ2v) is 6.60. The maximum Gasteiger partial charge on any atom is 0.138 e. The molecule has 1 N–H and O–H groups in total. The summed E-state index contributed by atoms with van der Waals surface area (Å²) in [5.41, 5.74) is 0.670. The molecule has 0 saturated heterocycles. The van der Waals surface area contributed by atoms with E-state index in [-0.39, 0.29) is 5.41 Å². The first-order valence-electron chi connectivity index (χ1n) is 7.23. The summed E-state index contributed by atoms with van der Waals surface area (Å²) in [7, 11) is 0. The monoisotopic (exact) mass is 263 g/mol. The van der Waals surface area contributed by atoms with Gasteiger partial charge in [0.2, 0.25) is 0 Å². The van der Waals surface area contributed by atoms with E-state index < -0.39 is 6.10 Å². The Labute approximate surface area is 115 Å². The highest BCUT2D eigenvalue weighted by atomic mass is 16.3. The SMILES string of the molecule is CC(C)(C)[C@H](O)/C(=C/C1CCCCC1)n1cncn1. The fourth-order valence-corrected chi connectivity index (χ4v) is 2.62. The molecule has 1 saturated carbocycles. The molecule has 2 rings (SSSR count). The molecule has 0 radical (unpaired) electrons. The van der Waals surface area contributed by atoms with Crippen molar-refractivity contribution in [1.29, 1.82) is 0 Å². The van der Waals surface area contributed by atoms with Crippen molar-refractivity contribution in [2.45, 2.75) is 59.0 Å². The van der Waals surface area contributed by atoms with Crippen LogP contribution in [0.2, 0.25) is 0 Å². The van der Waals surface area contributed by atoms with Gasteiger partial charge in [0.1, 0.15) is 18.8 Å². The standard InChI is InChI=1S/C15H25N3O/c1-15(2,3)14(19)13(18-11-16-10-17-18)9-12-7-5-4-6-8-12/h9-12,14,19H,4-8H2,1-3H3/b13-9-/t14-/m1/s1. The summed E-state index contributed by atoms with van der Waals surface area (Å²) >= 11 is 0. The first-order chi connectivity index (χ1) is 8.98. The third-order valence-corrected chi connectivity index (χ3v) is 3.84. The van der Waals surface area contributed by atoms with Crippen LogP contribution < -0.4 is 0 Å². The number of hydrogen-bond donors (Lipinski definition) is 1. The Hall–Kier alpha value is -1.16. The smallest absolute Gasteiger partial charge is 0.138 e. The van der Waals surface area contributed by atoms with Crippen LogP contribution in [0.3, 0.4) is 0 Å². The number of aliphatic hydroxyl groups is 1. The molecular formula is C15H25N3O. The van der Waals surface area contributed by atoms with E-state index in [1.807, 2.05) is 20.8 Å². The van der Waals surface area contributed by atoms with Crippen molar-refractivity contribution in [3.63, 3.8) is 0 Å². The van der Waals surface area contributed by atoms with E-state index in [0.717, 1.165) is 5.70 Å². The molecule has 4 heteroatoms. The Balaban J connectivity index is 2.26. The van der Waals surface area contributed by atoms with Crippen LogP contribution in [0.1, 0.15) is 52.9 Å². The molecule has 0 bridgehead atoms. The normalized spacial score (nSPS) is 20.5. The first kappa shape index (κ1) is 14.3. The Morgan fingerprint density at radius 3 is 2.53 bits per heavy atom. The Kier molecular flexibility index (Phi) is 4.40. The van der Waals surface area contributed by atoms with Crippen LogP contribution in [0, 0.1) is 11.3 Å². The van der Waals surface area contributed by atoms with E-state index in [4.69, 9.17) is 0 Å². The number of aromatic nitrogens is 3. The highest BCUT2D eigenvalue weighted by molar-refractivity contribution is 5.49. The number of rotatable bonds is 3. The fourth-order valence-electron chi connectivity index (χ4n) is 2.62. The van der Waals surface area contributed by atoms with Gasteiger partial charge in [-0.2, -0.15) is 5.10 Å². The van der Waals surface area contributed by atoms with Gasteiger partial charge in [-0.25, -0.2) is 9.67 Å². The zero-order chi connectivity index (χ0) is 13.9. The van der Waals surface area contributed by atoms with Gasteiger partial charge in [-0.15, -0.1) is 0 Å². The van der Waals surface area contributed by atoms with Gasteiger partial charge in [0.25, 0.3) is 0 Å². The molecule has 1 aromatic rings. The summed E-state index contributed by atoms with van der Waals surface area (Å²) in [5, 5.41) is 14.8. The molecule has 1 heterocycles. The van der Waals surface area contributed by atoms with Gasteiger partial charge in [0.15, 0.2) is 0 Å². The lowest BCUT2D eigenvalue weighted by molar-refractivity contribution is 0.108. The van der Waals surface area contributed by atoms with Crippen molar-refractivity contribution < 1.29 is 5.11 Å². The lowest BCUT2D eigenvalue weighted by atomic mass is 9.83. The molecule has 1 aromatic heterocycles. The largest absolute Gasteiger partial charge is 0.386 e. The fraction of sp³-hybridized carbons (Fsp3) is 0.733. The van der Waals surface area contributed by atoms with E-state index in [2.05, 4.69) is 16.2 Å². The topological polar surface area (TPSA) is 50.9 Å². The van der Waals surface area contributed by atoms with Crippen molar-refractivity contribution in [3.05, 3.63) is 18.7 Å². The van der Waals surface area contributed by atoms with Gasteiger partial charge in [-0.05, 0) is 24.2 Å². The minimum atomic E-state index is -0.531. The predicted octanol–water partition coefficient (Wildman–Crippen LogP) is 3.11. The van der Waals surface area contributed by atoms with Crippen molar-refractivity contribution in [2.75, 3.05) is 0 Å². The van der Waals surface area contributed by atoms with Crippen LogP contribution in [0.5, 0.6) is 0 Å². The maximum atomic E-state index is 10.6. The molecule has 1 atom stereocenters. The van der Waals surface area contributed by atoms with Crippen molar-refractivity contribution in [3.8, 4) is 0 Å². The van der Waals surface area contributed by atoms with E-state index in [1.54, 1.807) is 11.0 Å². The summed E-state index contributed by atoms with van der Waals surface area (Å²) in [6.45, 7) is 6.13. The lowest BCUT2D eigenvalue weighted by Crippen LogP contribution is -2.30. The van der Waals surface area contributed by atoms with E-state index >= 15 is 0 Å². The predicted molar refractivity (Wildman–Crippen MR) is 76.3 cm³/mol. The molecule has 0 aromatic carbocycles. The van der Waals surface area contributed by atoms with Gasteiger partial charge in [0.05, 0.1) is 5.70 Å². The summed E-state index contributed by atoms with van der Waals surface area (Å²) in [5.74, 6) is 0.560. The zero-order valence-corrected chi connectivity index (χ0v) is 12.2. The van der Waals surface area contributed by atoms with Crippen LogP contribution in [0.25, 0.3) is 5.70 Å². The quantitative estimate of drug-likeness (QED) is 0.911. The van der Waals surface area contributed by atoms with Crippen molar-refractivity contribution in [2.24, 2.45) is 11.3 Å².